The second-order valence-electron chi connectivity index (χ2n) is 4.23. The second-order valence-corrected chi connectivity index (χ2v) is 5.47. The van der Waals surface area contributed by atoms with Crippen molar-refractivity contribution in [2.45, 2.75) is 19.4 Å². The molecular weight excluding hydrogens is 326 g/mol. The molecule has 0 unspecified atom stereocenters. The Bertz CT molecular complexity index is 533. The Labute approximate surface area is 126 Å². The predicted octanol–water partition coefficient (Wildman–Crippen LogP) is 4.90. The summed E-state index contributed by atoms with van der Waals surface area (Å²) in [6.07, 6.45) is 0.664. The fourth-order valence-corrected chi connectivity index (χ4v) is 2.31. The number of nitrogens with zero attached hydrogens (tertiary/aromatic N) is 1. The van der Waals surface area contributed by atoms with Gasteiger partial charge in [-0.2, -0.15) is 0 Å². The maximum absolute atomic E-state index is 6.01. The number of aromatic nitrogens is 1. The van der Waals surface area contributed by atoms with Crippen molar-refractivity contribution in [2.75, 3.05) is 5.88 Å². The van der Waals surface area contributed by atoms with Gasteiger partial charge in [0.2, 0.25) is 5.88 Å². The molecule has 1 heterocycles. The first-order chi connectivity index (χ1) is 9.20. The molecule has 1 aromatic heterocycles. The summed E-state index contributed by atoms with van der Waals surface area (Å²) in [6.45, 7) is 1.94. The van der Waals surface area contributed by atoms with E-state index in [2.05, 4.69) is 20.9 Å². The number of benzene rings is 1. The number of ether oxygens (including phenoxy) is 1. The predicted molar refractivity (Wildman–Crippen MR) is 81.8 cm³/mol. The molecule has 1 aromatic carbocycles. The molecule has 0 spiro atoms. The van der Waals surface area contributed by atoms with Crippen molar-refractivity contribution in [1.82, 2.24) is 4.98 Å². The molecule has 1 atom stereocenters. The minimum Gasteiger partial charge on any atom is -0.469 e. The lowest BCUT2D eigenvalue weighted by Crippen LogP contribution is -2.10. The molecule has 0 aliphatic rings. The fourth-order valence-electron chi connectivity index (χ4n) is 1.79. The third-order valence-electron chi connectivity index (χ3n) is 2.75. The maximum Gasteiger partial charge on any atom is 0.228 e. The molecule has 2 nitrogen and oxygen atoms in total. The number of pyridine rings is 1. The van der Waals surface area contributed by atoms with E-state index in [0.717, 1.165) is 22.2 Å². The Morgan fingerprint density at radius 2 is 1.95 bits per heavy atom. The van der Waals surface area contributed by atoms with Gasteiger partial charge in [-0.15, -0.1) is 11.6 Å². The first-order valence-electron chi connectivity index (χ1n) is 6.11. The van der Waals surface area contributed by atoms with E-state index < -0.39 is 0 Å². The zero-order valence-electron chi connectivity index (χ0n) is 10.6. The fraction of sp³-hybridized carbons (Fsp3) is 0.267. The third-order valence-corrected chi connectivity index (χ3v) is 3.57. The summed E-state index contributed by atoms with van der Waals surface area (Å²) < 4.78 is 6.87. The molecule has 4 heteroatoms. The lowest BCUT2D eigenvalue weighted by molar-refractivity contribution is 0.192. The van der Waals surface area contributed by atoms with Gasteiger partial charge in [-0.05, 0) is 40.5 Å². The number of aryl methyl sites for hydroxylation is 1. The summed E-state index contributed by atoms with van der Waals surface area (Å²) in [5, 5.41) is 0. The van der Waals surface area contributed by atoms with E-state index in [-0.39, 0.29) is 6.10 Å². The van der Waals surface area contributed by atoms with Crippen molar-refractivity contribution in [1.29, 1.82) is 0 Å². The van der Waals surface area contributed by atoms with Crippen molar-refractivity contribution in [2.24, 2.45) is 0 Å². The SMILES string of the molecule is Cc1ccc(Br)c(O[C@H](CCCl)c2ccccc2)n1. The summed E-state index contributed by atoms with van der Waals surface area (Å²) >= 11 is 9.33. The van der Waals surface area contributed by atoms with Crippen LogP contribution in [0.5, 0.6) is 5.88 Å². The van der Waals surface area contributed by atoms with Gasteiger partial charge in [-0.3, -0.25) is 0 Å². The van der Waals surface area contributed by atoms with E-state index in [9.17, 15) is 0 Å². The average molecular weight is 341 g/mol. The quantitative estimate of drug-likeness (QED) is 0.722. The minimum atomic E-state index is -0.0794. The van der Waals surface area contributed by atoms with Gasteiger partial charge >= 0.3 is 0 Å². The number of halogens is 2. The van der Waals surface area contributed by atoms with Crippen molar-refractivity contribution in [3.05, 3.63) is 58.2 Å². The molecule has 2 aromatic rings. The van der Waals surface area contributed by atoms with Crippen molar-refractivity contribution in [3.8, 4) is 5.88 Å². The molecule has 0 aliphatic heterocycles. The summed E-state index contributed by atoms with van der Waals surface area (Å²) in [5.41, 5.74) is 2.04. The molecule has 0 fully saturated rings. The zero-order valence-corrected chi connectivity index (χ0v) is 13.0. The van der Waals surface area contributed by atoms with Crippen LogP contribution >= 0.6 is 27.5 Å². The van der Waals surface area contributed by atoms with Crippen molar-refractivity contribution < 1.29 is 4.74 Å². The number of hydrogen-bond donors (Lipinski definition) is 0. The first kappa shape index (κ1) is 14.4. The highest BCUT2D eigenvalue weighted by Gasteiger charge is 2.15. The Hall–Kier alpha value is -1.06. The summed E-state index contributed by atoms with van der Waals surface area (Å²) in [7, 11) is 0. The zero-order chi connectivity index (χ0) is 13.7. The lowest BCUT2D eigenvalue weighted by atomic mass is 10.1. The Morgan fingerprint density at radius 1 is 1.21 bits per heavy atom. The molecule has 0 saturated heterocycles. The molecule has 0 bridgehead atoms. The molecule has 0 N–H and O–H groups in total. The van der Waals surface area contributed by atoms with Crippen LogP contribution in [0.3, 0.4) is 0 Å². The Morgan fingerprint density at radius 3 is 2.63 bits per heavy atom. The molecular formula is C15H15BrClNO. The Kier molecular flexibility index (Phi) is 5.23. The normalized spacial score (nSPS) is 12.2. The van der Waals surface area contributed by atoms with Crippen LogP contribution in [0.25, 0.3) is 0 Å². The summed E-state index contributed by atoms with van der Waals surface area (Å²) in [5.74, 6) is 1.15. The van der Waals surface area contributed by atoms with E-state index in [1.165, 1.54) is 0 Å². The molecule has 0 saturated carbocycles. The van der Waals surface area contributed by atoms with E-state index in [4.69, 9.17) is 16.3 Å². The van der Waals surface area contributed by atoms with Gasteiger partial charge in [0.25, 0.3) is 0 Å². The maximum atomic E-state index is 6.01. The topological polar surface area (TPSA) is 22.1 Å². The standard InChI is InChI=1S/C15H15BrClNO/c1-11-7-8-13(16)15(18-11)19-14(9-10-17)12-5-3-2-4-6-12/h2-8,14H,9-10H2,1H3/t14-/m1/s1. The minimum absolute atomic E-state index is 0.0794. The van der Waals surface area contributed by atoms with Crippen LogP contribution in [0, 0.1) is 6.92 Å². The van der Waals surface area contributed by atoms with Crippen molar-refractivity contribution in [3.63, 3.8) is 0 Å². The van der Waals surface area contributed by atoms with E-state index >= 15 is 0 Å². The van der Waals surface area contributed by atoms with Gasteiger partial charge < -0.3 is 4.74 Å². The highest BCUT2D eigenvalue weighted by Crippen LogP contribution is 2.29. The largest absolute Gasteiger partial charge is 0.469 e. The third kappa shape index (κ3) is 3.95. The monoisotopic (exact) mass is 339 g/mol. The van der Waals surface area contributed by atoms with Crippen LogP contribution in [0.4, 0.5) is 0 Å². The summed E-state index contributed by atoms with van der Waals surface area (Å²) in [6, 6.07) is 14.0. The van der Waals surface area contributed by atoms with Gasteiger partial charge in [-0.25, -0.2) is 4.98 Å². The first-order valence-corrected chi connectivity index (χ1v) is 7.44. The molecule has 100 valence electrons. The average Bonchev–Trinajstić information content (AvgIpc) is 2.43. The van der Waals surface area contributed by atoms with Crippen LogP contribution in [0.15, 0.2) is 46.9 Å². The molecule has 0 amide bonds. The molecule has 2 rings (SSSR count). The number of alkyl halides is 1. The molecule has 0 radical (unpaired) electrons. The van der Waals surface area contributed by atoms with Crippen LogP contribution in [0.1, 0.15) is 23.8 Å². The lowest BCUT2D eigenvalue weighted by Gasteiger charge is -2.19. The van der Waals surface area contributed by atoms with E-state index in [1.807, 2.05) is 49.4 Å². The van der Waals surface area contributed by atoms with Crippen molar-refractivity contribution >= 4 is 27.5 Å². The van der Waals surface area contributed by atoms with Gasteiger partial charge in [-0.1, -0.05) is 30.3 Å². The summed E-state index contributed by atoms with van der Waals surface area (Å²) in [4.78, 5) is 4.41. The van der Waals surface area contributed by atoms with Crippen LogP contribution < -0.4 is 4.74 Å². The van der Waals surface area contributed by atoms with Gasteiger partial charge in [0.15, 0.2) is 0 Å². The van der Waals surface area contributed by atoms with Crippen LogP contribution in [-0.2, 0) is 0 Å². The second kappa shape index (κ2) is 6.92. The van der Waals surface area contributed by atoms with Crippen LogP contribution in [-0.4, -0.2) is 10.9 Å². The van der Waals surface area contributed by atoms with Crippen LogP contribution in [0.2, 0.25) is 0 Å². The Balaban J connectivity index is 2.24. The van der Waals surface area contributed by atoms with E-state index in [0.29, 0.717) is 11.8 Å². The van der Waals surface area contributed by atoms with E-state index in [1.54, 1.807) is 0 Å². The van der Waals surface area contributed by atoms with Gasteiger partial charge in [0, 0.05) is 18.0 Å². The van der Waals surface area contributed by atoms with Gasteiger partial charge in [0.05, 0.1) is 4.47 Å². The highest BCUT2D eigenvalue weighted by atomic mass is 79.9. The number of hydrogen-bond acceptors (Lipinski definition) is 2. The highest BCUT2D eigenvalue weighted by molar-refractivity contribution is 9.10. The molecule has 19 heavy (non-hydrogen) atoms. The van der Waals surface area contributed by atoms with Gasteiger partial charge in [0.1, 0.15) is 6.10 Å². The molecule has 0 aliphatic carbocycles. The number of rotatable bonds is 5. The smallest absolute Gasteiger partial charge is 0.228 e.